The highest BCUT2D eigenvalue weighted by Crippen LogP contribution is 2.22. The average molecular weight is 314 g/mol. The van der Waals surface area contributed by atoms with E-state index in [1.807, 2.05) is 36.9 Å². The minimum absolute atomic E-state index is 0.248. The maximum Gasteiger partial charge on any atom is 0.263 e. The Labute approximate surface area is 135 Å². The van der Waals surface area contributed by atoms with Crippen molar-refractivity contribution in [3.63, 3.8) is 0 Å². The summed E-state index contributed by atoms with van der Waals surface area (Å²) in [7, 11) is 0. The summed E-state index contributed by atoms with van der Waals surface area (Å²) in [5.41, 5.74) is 2.06. The molecule has 0 saturated carbocycles. The third kappa shape index (κ3) is 3.37. The zero-order valence-electron chi connectivity index (χ0n) is 13.9. The summed E-state index contributed by atoms with van der Waals surface area (Å²) < 4.78 is 13.0. The highest BCUT2D eigenvalue weighted by Gasteiger charge is 2.17. The molecule has 3 aromatic rings. The normalized spacial score (nSPS) is 14.1. The Balaban J connectivity index is 1.64. The van der Waals surface area contributed by atoms with E-state index in [9.17, 15) is 0 Å². The van der Waals surface area contributed by atoms with Crippen molar-refractivity contribution in [1.82, 2.24) is 20.1 Å². The predicted molar refractivity (Wildman–Crippen MR) is 86.9 cm³/mol. The Kier molecular flexibility index (Phi) is 4.34. The molecule has 0 bridgehead atoms. The van der Waals surface area contributed by atoms with Crippen LogP contribution in [0.5, 0.6) is 0 Å². The van der Waals surface area contributed by atoms with Gasteiger partial charge in [0.25, 0.3) is 5.89 Å². The molecule has 6 nitrogen and oxygen atoms in total. The molecule has 0 aliphatic rings. The molecule has 0 amide bonds. The van der Waals surface area contributed by atoms with E-state index in [1.54, 1.807) is 6.26 Å². The number of rotatable bonds is 6. The first-order chi connectivity index (χ1) is 11.0. The summed E-state index contributed by atoms with van der Waals surface area (Å²) in [6, 6.07) is 4.16. The summed E-state index contributed by atoms with van der Waals surface area (Å²) >= 11 is 0. The molecular formula is C17H22N4O2. The van der Waals surface area contributed by atoms with Crippen molar-refractivity contribution in [2.45, 2.75) is 46.3 Å². The van der Waals surface area contributed by atoms with E-state index in [4.69, 9.17) is 8.83 Å². The lowest BCUT2D eigenvalue weighted by molar-refractivity contribution is 0.363. The van der Waals surface area contributed by atoms with Gasteiger partial charge in [0.1, 0.15) is 5.76 Å². The lowest BCUT2D eigenvalue weighted by Gasteiger charge is -2.21. The fraction of sp³-hybridized carbons (Fsp3) is 0.412. The van der Waals surface area contributed by atoms with Crippen molar-refractivity contribution in [2.24, 2.45) is 0 Å². The Morgan fingerprint density at radius 2 is 2.13 bits per heavy atom. The van der Waals surface area contributed by atoms with E-state index in [2.05, 4.69) is 35.4 Å². The number of aryl methyl sites for hydroxylation is 2. The van der Waals surface area contributed by atoms with Crippen LogP contribution in [-0.2, 0) is 6.54 Å². The number of aromatic nitrogens is 3. The van der Waals surface area contributed by atoms with Gasteiger partial charge in [-0.25, -0.2) is 4.98 Å². The molecule has 2 atom stereocenters. The largest absolute Gasteiger partial charge is 0.459 e. The summed E-state index contributed by atoms with van der Waals surface area (Å²) in [4.78, 5) is 4.52. The van der Waals surface area contributed by atoms with Gasteiger partial charge in [0.2, 0.25) is 0 Å². The molecule has 0 radical (unpaired) electrons. The van der Waals surface area contributed by atoms with Crippen LogP contribution >= 0.6 is 0 Å². The SMILES string of the molecule is Cc1cnn(C(C)C(C)NCc2nc(-c3ccco3)oc2C)c1. The number of oxazole rings is 1. The van der Waals surface area contributed by atoms with Crippen LogP contribution in [0.25, 0.3) is 11.7 Å². The van der Waals surface area contributed by atoms with Gasteiger partial charge in [-0.3, -0.25) is 4.68 Å². The molecule has 122 valence electrons. The van der Waals surface area contributed by atoms with Gasteiger partial charge < -0.3 is 14.2 Å². The minimum atomic E-state index is 0.248. The molecule has 3 aromatic heterocycles. The van der Waals surface area contributed by atoms with Crippen molar-refractivity contribution in [3.05, 3.63) is 47.8 Å². The monoisotopic (exact) mass is 314 g/mol. The van der Waals surface area contributed by atoms with Gasteiger partial charge in [0.05, 0.1) is 24.2 Å². The van der Waals surface area contributed by atoms with Crippen LogP contribution in [0.1, 0.15) is 36.9 Å². The summed E-state index contributed by atoms with van der Waals surface area (Å²) in [5.74, 6) is 1.97. The van der Waals surface area contributed by atoms with Crippen molar-refractivity contribution in [3.8, 4) is 11.7 Å². The number of hydrogen-bond acceptors (Lipinski definition) is 5. The third-order valence-corrected chi connectivity index (χ3v) is 4.09. The lowest BCUT2D eigenvalue weighted by atomic mass is 10.1. The molecule has 0 fully saturated rings. The van der Waals surface area contributed by atoms with E-state index < -0.39 is 0 Å². The molecule has 0 aromatic carbocycles. The quantitative estimate of drug-likeness (QED) is 0.754. The zero-order chi connectivity index (χ0) is 16.4. The number of hydrogen-bond donors (Lipinski definition) is 1. The molecule has 0 spiro atoms. The molecule has 2 unspecified atom stereocenters. The molecule has 0 saturated heterocycles. The maximum atomic E-state index is 5.68. The fourth-order valence-electron chi connectivity index (χ4n) is 2.41. The Hall–Kier alpha value is -2.34. The molecule has 3 rings (SSSR count). The van der Waals surface area contributed by atoms with Crippen LogP contribution in [0.15, 0.2) is 39.6 Å². The standard InChI is InChI=1S/C17H22N4O2/c1-11-8-19-21(10-11)13(3)12(2)18-9-15-14(4)23-17(20-15)16-6-5-7-22-16/h5-8,10,12-13,18H,9H2,1-4H3. The minimum Gasteiger partial charge on any atom is -0.459 e. The molecule has 6 heteroatoms. The van der Waals surface area contributed by atoms with Crippen LogP contribution in [0, 0.1) is 13.8 Å². The smallest absolute Gasteiger partial charge is 0.263 e. The van der Waals surface area contributed by atoms with E-state index >= 15 is 0 Å². The second-order valence-electron chi connectivity index (χ2n) is 5.91. The van der Waals surface area contributed by atoms with Crippen molar-refractivity contribution in [1.29, 1.82) is 0 Å². The number of nitrogens with one attached hydrogen (secondary N) is 1. The highest BCUT2D eigenvalue weighted by molar-refractivity contribution is 5.44. The van der Waals surface area contributed by atoms with Gasteiger partial charge in [-0.15, -0.1) is 0 Å². The first-order valence-electron chi connectivity index (χ1n) is 7.79. The molecular weight excluding hydrogens is 292 g/mol. The second-order valence-corrected chi connectivity index (χ2v) is 5.91. The van der Waals surface area contributed by atoms with Gasteiger partial charge in [-0.1, -0.05) is 0 Å². The van der Waals surface area contributed by atoms with Gasteiger partial charge in [0.15, 0.2) is 5.76 Å². The van der Waals surface area contributed by atoms with E-state index in [0.717, 1.165) is 11.5 Å². The molecule has 23 heavy (non-hydrogen) atoms. The topological polar surface area (TPSA) is 69.0 Å². The van der Waals surface area contributed by atoms with Gasteiger partial charge in [0, 0.05) is 18.8 Å². The summed E-state index contributed by atoms with van der Waals surface area (Å²) in [6.07, 6.45) is 5.54. The van der Waals surface area contributed by atoms with Crippen molar-refractivity contribution < 1.29 is 8.83 Å². The van der Waals surface area contributed by atoms with Crippen molar-refractivity contribution >= 4 is 0 Å². The molecule has 3 heterocycles. The van der Waals surface area contributed by atoms with Crippen LogP contribution in [0.3, 0.4) is 0 Å². The highest BCUT2D eigenvalue weighted by atomic mass is 16.4. The Morgan fingerprint density at radius 3 is 2.78 bits per heavy atom. The van der Waals surface area contributed by atoms with Gasteiger partial charge in [-0.2, -0.15) is 5.10 Å². The number of furan rings is 1. The maximum absolute atomic E-state index is 5.68. The molecule has 1 N–H and O–H groups in total. The zero-order valence-corrected chi connectivity index (χ0v) is 13.9. The first-order valence-corrected chi connectivity index (χ1v) is 7.79. The summed E-state index contributed by atoms with van der Waals surface area (Å²) in [5, 5.41) is 7.87. The molecule has 0 aliphatic heterocycles. The van der Waals surface area contributed by atoms with E-state index in [1.165, 1.54) is 5.56 Å². The average Bonchev–Trinajstić information content (AvgIpc) is 3.25. The Morgan fingerprint density at radius 1 is 1.30 bits per heavy atom. The number of nitrogens with zero attached hydrogens (tertiary/aromatic N) is 3. The van der Waals surface area contributed by atoms with Crippen LogP contribution in [0.2, 0.25) is 0 Å². The van der Waals surface area contributed by atoms with Crippen LogP contribution < -0.4 is 5.32 Å². The third-order valence-electron chi connectivity index (χ3n) is 4.09. The Bertz CT molecular complexity index is 758. The fourth-order valence-corrected chi connectivity index (χ4v) is 2.41. The van der Waals surface area contributed by atoms with Crippen molar-refractivity contribution in [2.75, 3.05) is 0 Å². The lowest BCUT2D eigenvalue weighted by Crippen LogP contribution is -2.33. The molecule has 0 aliphatic carbocycles. The van der Waals surface area contributed by atoms with Crippen LogP contribution in [0.4, 0.5) is 0 Å². The summed E-state index contributed by atoms with van der Waals surface area (Å²) in [6.45, 7) is 8.89. The van der Waals surface area contributed by atoms with Crippen LogP contribution in [-0.4, -0.2) is 20.8 Å². The van der Waals surface area contributed by atoms with Gasteiger partial charge in [-0.05, 0) is 45.4 Å². The van der Waals surface area contributed by atoms with E-state index in [-0.39, 0.29) is 12.1 Å². The first kappa shape index (κ1) is 15.6. The predicted octanol–water partition coefficient (Wildman–Crippen LogP) is 3.49. The van der Waals surface area contributed by atoms with E-state index in [0.29, 0.717) is 18.2 Å². The van der Waals surface area contributed by atoms with Gasteiger partial charge >= 0.3 is 0 Å². The second kappa shape index (κ2) is 6.42.